The van der Waals surface area contributed by atoms with Gasteiger partial charge in [0.1, 0.15) is 11.5 Å². The minimum atomic E-state index is -0.425. The van der Waals surface area contributed by atoms with Crippen LogP contribution in [0.5, 0.6) is 11.5 Å². The highest BCUT2D eigenvalue weighted by Crippen LogP contribution is 2.34. The van der Waals surface area contributed by atoms with E-state index in [1.165, 1.54) is 11.3 Å². The van der Waals surface area contributed by atoms with Crippen molar-refractivity contribution < 1.29 is 23.8 Å². The van der Waals surface area contributed by atoms with Gasteiger partial charge < -0.3 is 14.2 Å². The van der Waals surface area contributed by atoms with Gasteiger partial charge in [-0.25, -0.2) is 4.98 Å². The lowest BCUT2D eigenvalue weighted by Crippen LogP contribution is -2.20. The van der Waals surface area contributed by atoms with Crippen molar-refractivity contribution >= 4 is 28.3 Å². The fourth-order valence-electron chi connectivity index (χ4n) is 2.25. The normalized spacial score (nSPS) is 10.6. The zero-order valence-corrected chi connectivity index (χ0v) is 16.7. The molecule has 0 unspecified atom stereocenters. The maximum absolute atomic E-state index is 12.0. The Balaban J connectivity index is 1.96. The van der Waals surface area contributed by atoms with E-state index in [4.69, 9.17) is 14.2 Å². The van der Waals surface area contributed by atoms with Crippen LogP contribution in [0.2, 0.25) is 0 Å². The summed E-state index contributed by atoms with van der Waals surface area (Å²) in [6.07, 6.45) is 1.04. The highest BCUT2D eigenvalue weighted by atomic mass is 32.1. The predicted molar refractivity (Wildman–Crippen MR) is 104 cm³/mol. The molecule has 1 amide bonds. The molecule has 0 aliphatic rings. The number of carbonyl (C=O) groups is 2. The third-order valence-corrected chi connectivity index (χ3v) is 4.48. The van der Waals surface area contributed by atoms with Gasteiger partial charge in [-0.2, -0.15) is 0 Å². The van der Waals surface area contributed by atoms with Crippen molar-refractivity contribution in [3.05, 3.63) is 23.6 Å². The molecule has 1 heterocycles. The predicted octanol–water partition coefficient (Wildman–Crippen LogP) is 3.75. The Hall–Kier alpha value is -2.61. The van der Waals surface area contributed by atoms with E-state index in [0.717, 1.165) is 12.0 Å². The van der Waals surface area contributed by atoms with E-state index in [1.807, 2.05) is 25.3 Å². The van der Waals surface area contributed by atoms with Gasteiger partial charge in [0.15, 0.2) is 11.7 Å². The molecule has 8 heteroatoms. The van der Waals surface area contributed by atoms with Gasteiger partial charge in [-0.05, 0) is 30.5 Å². The second-order valence-corrected chi connectivity index (χ2v) is 7.10. The first-order valence-corrected chi connectivity index (χ1v) is 9.44. The minimum Gasteiger partial charge on any atom is -0.497 e. The summed E-state index contributed by atoms with van der Waals surface area (Å²) in [4.78, 5) is 27.9. The van der Waals surface area contributed by atoms with Gasteiger partial charge in [-0.3, -0.25) is 14.9 Å². The minimum absolute atomic E-state index is 0.308. The van der Waals surface area contributed by atoms with E-state index in [-0.39, 0.29) is 12.6 Å². The molecule has 7 nitrogen and oxygen atoms in total. The number of rotatable bonds is 9. The Morgan fingerprint density at radius 3 is 2.67 bits per heavy atom. The first kappa shape index (κ1) is 20.7. The number of carbonyl (C=O) groups excluding carboxylic acids is 2. The SMILES string of the molecule is COc1ccc(OC)c(-c2csc(NC(=O)COC(=O)CCC(C)C)n2)c1. The van der Waals surface area contributed by atoms with Gasteiger partial charge in [0.05, 0.1) is 19.9 Å². The quantitative estimate of drug-likeness (QED) is 0.654. The van der Waals surface area contributed by atoms with E-state index < -0.39 is 5.91 Å². The monoisotopic (exact) mass is 392 g/mol. The van der Waals surface area contributed by atoms with E-state index >= 15 is 0 Å². The summed E-state index contributed by atoms with van der Waals surface area (Å²) in [7, 11) is 3.16. The van der Waals surface area contributed by atoms with Crippen molar-refractivity contribution in [2.24, 2.45) is 5.92 Å². The molecule has 0 aliphatic carbocycles. The Labute approximate surface area is 162 Å². The first-order valence-electron chi connectivity index (χ1n) is 8.56. The van der Waals surface area contributed by atoms with Gasteiger partial charge in [0.2, 0.25) is 0 Å². The van der Waals surface area contributed by atoms with Crippen LogP contribution in [0.4, 0.5) is 5.13 Å². The van der Waals surface area contributed by atoms with Gasteiger partial charge >= 0.3 is 5.97 Å². The number of anilines is 1. The van der Waals surface area contributed by atoms with E-state index in [9.17, 15) is 9.59 Å². The second-order valence-electron chi connectivity index (χ2n) is 6.25. The molecule has 1 aromatic heterocycles. The lowest BCUT2D eigenvalue weighted by atomic mass is 10.1. The van der Waals surface area contributed by atoms with Crippen molar-refractivity contribution in [1.82, 2.24) is 4.98 Å². The molecule has 1 aromatic carbocycles. The fraction of sp³-hybridized carbons (Fsp3) is 0.421. The molecule has 146 valence electrons. The van der Waals surface area contributed by atoms with Crippen molar-refractivity contribution in [3.8, 4) is 22.8 Å². The number of aromatic nitrogens is 1. The van der Waals surface area contributed by atoms with Crippen LogP contribution in [0.15, 0.2) is 23.6 Å². The summed E-state index contributed by atoms with van der Waals surface area (Å²) in [5.74, 6) is 0.940. The molecule has 0 radical (unpaired) electrons. The summed E-state index contributed by atoms with van der Waals surface area (Å²) in [5, 5.41) is 4.86. The Morgan fingerprint density at radius 1 is 1.22 bits per heavy atom. The highest BCUT2D eigenvalue weighted by Gasteiger charge is 2.14. The van der Waals surface area contributed by atoms with Crippen LogP contribution < -0.4 is 14.8 Å². The Kier molecular flexibility index (Phi) is 7.60. The number of esters is 1. The number of methoxy groups -OCH3 is 2. The molecule has 0 atom stereocenters. The number of benzene rings is 1. The number of amides is 1. The number of thiazole rings is 1. The molecule has 0 fully saturated rings. The molecule has 1 N–H and O–H groups in total. The van der Waals surface area contributed by atoms with Crippen molar-refractivity contribution in [3.63, 3.8) is 0 Å². The summed E-state index contributed by atoms with van der Waals surface area (Å²) < 4.78 is 15.6. The van der Waals surface area contributed by atoms with Crippen molar-refractivity contribution in [2.75, 3.05) is 26.1 Å². The van der Waals surface area contributed by atoms with Crippen LogP contribution in [0, 0.1) is 5.92 Å². The number of hydrogen-bond acceptors (Lipinski definition) is 7. The molecule has 0 bridgehead atoms. The van der Waals surface area contributed by atoms with Gasteiger partial charge in [0.25, 0.3) is 5.91 Å². The largest absolute Gasteiger partial charge is 0.497 e. The summed E-state index contributed by atoms with van der Waals surface area (Å²) >= 11 is 1.27. The number of nitrogens with zero attached hydrogens (tertiary/aromatic N) is 1. The lowest BCUT2D eigenvalue weighted by Gasteiger charge is -2.08. The van der Waals surface area contributed by atoms with Crippen LogP contribution in [-0.4, -0.2) is 37.7 Å². The summed E-state index contributed by atoms with van der Waals surface area (Å²) in [6.45, 7) is 3.73. The molecule has 2 rings (SSSR count). The Bertz CT molecular complexity index is 788. The van der Waals surface area contributed by atoms with Crippen LogP contribution in [0.1, 0.15) is 26.7 Å². The first-order chi connectivity index (χ1) is 12.9. The van der Waals surface area contributed by atoms with Crippen LogP contribution in [0.3, 0.4) is 0 Å². The highest BCUT2D eigenvalue weighted by molar-refractivity contribution is 7.14. The van der Waals surface area contributed by atoms with Gasteiger partial charge in [-0.15, -0.1) is 11.3 Å². The molecular weight excluding hydrogens is 368 g/mol. The third-order valence-electron chi connectivity index (χ3n) is 3.72. The van der Waals surface area contributed by atoms with E-state index in [0.29, 0.717) is 34.7 Å². The summed E-state index contributed by atoms with van der Waals surface area (Å²) in [6, 6.07) is 5.41. The van der Waals surface area contributed by atoms with E-state index in [2.05, 4.69) is 10.3 Å². The van der Waals surface area contributed by atoms with Crippen molar-refractivity contribution in [2.45, 2.75) is 26.7 Å². The average Bonchev–Trinajstić information content (AvgIpc) is 3.12. The standard InChI is InChI=1S/C19H24N2O5S/c1-12(2)5-8-18(23)26-10-17(22)21-19-20-15(11-27-19)14-9-13(24-3)6-7-16(14)25-4/h6-7,9,11-12H,5,8,10H2,1-4H3,(H,20,21,22). The lowest BCUT2D eigenvalue weighted by molar-refractivity contribution is -0.147. The van der Waals surface area contributed by atoms with Gasteiger partial charge in [-0.1, -0.05) is 13.8 Å². The average molecular weight is 392 g/mol. The maximum atomic E-state index is 12.0. The molecule has 0 aliphatic heterocycles. The number of hydrogen-bond donors (Lipinski definition) is 1. The van der Waals surface area contributed by atoms with E-state index in [1.54, 1.807) is 26.4 Å². The molecule has 0 saturated heterocycles. The molecule has 0 spiro atoms. The molecule has 0 saturated carbocycles. The van der Waals surface area contributed by atoms with Crippen LogP contribution in [0.25, 0.3) is 11.3 Å². The van der Waals surface area contributed by atoms with Crippen LogP contribution >= 0.6 is 11.3 Å². The maximum Gasteiger partial charge on any atom is 0.306 e. The third kappa shape index (κ3) is 6.25. The summed E-state index contributed by atoms with van der Waals surface area (Å²) in [5.41, 5.74) is 1.41. The second kappa shape index (κ2) is 9.91. The smallest absolute Gasteiger partial charge is 0.306 e. The number of ether oxygens (including phenoxy) is 3. The topological polar surface area (TPSA) is 86.8 Å². The van der Waals surface area contributed by atoms with Crippen molar-refractivity contribution in [1.29, 1.82) is 0 Å². The van der Waals surface area contributed by atoms with Gasteiger partial charge in [0, 0.05) is 17.4 Å². The number of nitrogens with one attached hydrogen (secondary N) is 1. The fourth-order valence-corrected chi connectivity index (χ4v) is 2.98. The van der Waals surface area contributed by atoms with Crippen LogP contribution in [-0.2, 0) is 14.3 Å². The zero-order valence-electron chi connectivity index (χ0n) is 15.9. The molecule has 2 aromatic rings. The molecule has 27 heavy (non-hydrogen) atoms. The zero-order chi connectivity index (χ0) is 19.8. The Morgan fingerprint density at radius 2 is 2.00 bits per heavy atom. The molecular formula is C19H24N2O5S.